The minimum Gasteiger partial charge on any atom is -0.349 e. The Morgan fingerprint density at radius 3 is 2.72 bits per heavy atom. The second-order valence-corrected chi connectivity index (χ2v) is 6.62. The molecule has 0 saturated heterocycles. The second kappa shape index (κ2) is 8.39. The molecule has 0 bridgehead atoms. The third-order valence-electron chi connectivity index (χ3n) is 3.39. The molecule has 1 aromatic heterocycles. The monoisotopic (exact) mass is 372 g/mol. The quantitative estimate of drug-likeness (QED) is 0.781. The number of thioether (sulfide) groups is 1. The number of halogens is 1. The Morgan fingerprint density at radius 1 is 1.36 bits per heavy atom. The molecule has 25 heavy (non-hydrogen) atoms. The van der Waals surface area contributed by atoms with E-state index in [-0.39, 0.29) is 34.6 Å². The number of amides is 1. The normalized spacial score (nSPS) is 11.2. The molecule has 0 radical (unpaired) electrons. The van der Waals surface area contributed by atoms with Crippen molar-refractivity contribution in [2.24, 2.45) is 0 Å². The summed E-state index contributed by atoms with van der Waals surface area (Å²) in [5.41, 5.74) is 7.08. The Balaban J connectivity index is 2.02. The molecule has 4 N–H and O–H groups in total. The number of H-pyrrole nitrogens is 1. The van der Waals surface area contributed by atoms with Gasteiger partial charge in [0.2, 0.25) is 5.91 Å². The molecule has 1 heterocycles. The summed E-state index contributed by atoms with van der Waals surface area (Å²) in [5.74, 6) is 0.0657. The van der Waals surface area contributed by atoms with Gasteiger partial charge in [0.05, 0.1) is 11.8 Å². The molecule has 0 aliphatic rings. The molecule has 0 spiro atoms. The number of hydrogen-bond donors (Lipinski definition) is 2. The van der Waals surface area contributed by atoms with Gasteiger partial charge in [-0.15, -0.1) is 0 Å². The van der Waals surface area contributed by atoms with Crippen LogP contribution in [0.2, 0.25) is 5.02 Å². The third-order valence-corrected chi connectivity index (χ3v) is 4.64. The molecule has 126 valence electrons. The molecule has 1 atom stereocenters. The largest absolute Gasteiger partial charge is 0.349 e. The summed E-state index contributed by atoms with van der Waals surface area (Å²) < 4.78 is 0. The lowest BCUT2D eigenvalue weighted by molar-refractivity contribution is -0.410. The number of aromatic amines is 1. The zero-order valence-electron chi connectivity index (χ0n) is 13.3. The molecule has 2 aromatic rings. The number of benzene rings is 1. The van der Waals surface area contributed by atoms with E-state index in [1.165, 1.54) is 6.07 Å². The molecule has 0 aliphatic heterocycles. The number of nitriles is 2. The number of anilines is 1. The maximum atomic E-state index is 12.1. The average molecular weight is 373 g/mol. The molecule has 2 rings (SSSR count). The first-order valence-corrected chi connectivity index (χ1v) is 8.64. The molecule has 0 unspecified atom stereocenters. The molecule has 8 heteroatoms. The van der Waals surface area contributed by atoms with Crippen molar-refractivity contribution in [2.45, 2.75) is 18.0 Å². The van der Waals surface area contributed by atoms with Gasteiger partial charge in [-0.2, -0.15) is 10.5 Å². The predicted molar refractivity (Wildman–Crippen MR) is 95.6 cm³/mol. The van der Waals surface area contributed by atoms with E-state index in [1.54, 1.807) is 12.1 Å². The Bertz CT molecular complexity index is 888. The smallest absolute Gasteiger partial charge is 0.289 e. The minimum absolute atomic E-state index is 0.0986. The molecule has 0 aliphatic carbocycles. The number of nitrogen functional groups attached to an aromatic ring is 1. The minimum atomic E-state index is -0.197. The maximum Gasteiger partial charge on any atom is 0.289 e. The molecule has 1 amide bonds. The highest BCUT2D eigenvalue weighted by Crippen LogP contribution is 2.21. The van der Waals surface area contributed by atoms with Gasteiger partial charge in [0.25, 0.3) is 5.82 Å². The van der Waals surface area contributed by atoms with E-state index in [1.807, 2.05) is 31.2 Å². The van der Waals surface area contributed by atoms with Crippen molar-refractivity contribution in [3.63, 3.8) is 0 Å². The number of pyridine rings is 1. The summed E-state index contributed by atoms with van der Waals surface area (Å²) in [7, 11) is 0. The Kier molecular flexibility index (Phi) is 6.24. The van der Waals surface area contributed by atoms with Crippen LogP contribution in [0.25, 0.3) is 0 Å². The fourth-order valence-corrected chi connectivity index (χ4v) is 3.11. The van der Waals surface area contributed by atoms with E-state index in [9.17, 15) is 4.79 Å². The van der Waals surface area contributed by atoms with Crippen LogP contribution < -0.4 is 16.0 Å². The molecule has 0 saturated carbocycles. The Labute approximate surface area is 154 Å². The second-order valence-electron chi connectivity index (χ2n) is 5.20. The SMILES string of the molecule is C[C@@H](NC(=O)CSc1[nH+]c(N)c(C#N)cc1C#N)c1cccc(Cl)c1. The zero-order valence-corrected chi connectivity index (χ0v) is 14.9. The van der Waals surface area contributed by atoms with E-state index in [2.05, 4.69) is 10.3 Å². The van der Waals surface area contributed by atoms with Crippen LogP contribution in [0, 0.1) is 22.7 Å². The van der Waals surface area contributed by atoms with Crippen molar-refractivity contribution in [1.29, 1.82) is 10.5 Å². The number of nitrogens with two attached hydrogens (primary N) is 1. The van der Waals surface area contributed by atoms with Gasteiger partial charge in [-0.05, 0) is 30.7 Å². The van der Waals surface area contributed by atoms with Crippen molar-refractivity contribution in [3.05, 3.63) is 52.0 Å². The lowest BCUT2D eigenvalue weighted by Crippen LogP contribution is -2.28. The molecule has 1 aromatic carbocycles. The van der Waals surface area contributed by atoms with Crippen LogP contribution >= 0.6 is 23.4 Å². The van der Waals surface area contributed by atoms with Gasteiger partial charge < -0.3 is 5.32 Å². The van der Waals surface area contributed by atoms with Crippen LogP contribution in [0.3, 0.4) is 0 Å². The molecular weight excluding hydrogens is 358 g/mol. The number of hydrogen-bond acceptors (Lipinski definition) is 5. The van der Waals surface area contributed by atoms with Gasteiger partial charge in [-0.1, -0.05) is 35.5 Å². The van der Waals surface area contributed by atoms with Crippen molar-refractivity contribution in [3.8, 4) is 12.1 Å². The number of carbonyl (C=O) groups is 1. The van der Waals surface area contributed by atoms with E-state index >= 15 is 0 Å². The molecule has 0 fully saturated rings. The summed E-state index contributed by atoms with van der Waals surface area (Å²) in [6.07, 6.45) is 0. The standard InChI is InChI=1S/C17H14ClN5OS/c1-10(11-3-2-4-14(18)6-11)22-15(24)9-25-17-13(8-20)5-12(7-19)16(21)23-17/h2-6,10H,9H2,1H3,(H2,21,23)(H,22,24)/p+1/t10-/m1/s1. The number of carbonyl (C=O) groups excluding carboxylic acids is 1. The first kappa shape index (κ1) is 18.6. The van der Waals surface area contributed by atoms with Gasteiger partial charge in [0.1, 0.15) is 23.3 Å². The van der Waals surface area contributed by atoms with Crippen molar-refractivity contribution >= 4 is 35.1 Å². The highest BCUT2D eigenvalue weighted by atomic mass is 35.5. The number of nitrogens with one attached hydrogen (secondary N) is 2. The van der Waals surface area contributed by atoms with Gasteiger partial charge in [-0.25, -0.2) is 4.98 Å². The maximum absolute atomic E-state index is 12.1. The van der Waals surface area contributed by atoms with E-state index in [0.717, 1.165) is 17.3 Å². The van der Waals surface area contributed by atoms with Gasteiger partial charge in [0.15, 0.2) is 5.03 Å². The first-order chi connectivity index (χ1) is 11.9. The summed E-state index contributed by atoms with van der Waals surface area (Å²) in [5, 5.41) is 22.0. The first-order valence-electron chi connectivity index (χ1n) is 7.28. The van der Waals surface area contributed by atoms with Gasteiger partial charge in [0, 0.05) is 5.02 Å². The van der Waals surface area contributed by atoms with E-state index < -0.39 is 0 Å². The zero-order chi connectivity index (χ0) is 18.4. The molecular formula is C17H15ClN5OS+. The highest BCUT2D eigenvalue weighted by Gasteiger charge is 2.17. The van der Waals surface area contributed by atoms with Gasteiger partial charge >= 0.3 is 0 Å². The Hall–Kier alpha value is -2.74. The third kappa shape index (κ3) is 4.87. The average Bonchev–Trinajstić information content (AvgIpc) is 2.60. The van der Waals surface area contributed by atoms with Crippen molar-refractivity contribution < 1.29 is 9.78 Å². The van der Waals surface area contributed by atoms with Gasteiger partial charge in [-0.3, -0.25) is 10.5 Å². The van der Waals surface area contributed by atoms with Crippen LogP contribution in [0.5, 0.6) is 0 Å². The number of rotatable bonds is 5. The van der Waals surface area contributed by atoms with Crippen LogP contribution in [0.1, 0.15) is 29.7 Å². The van der Waals surface area contributed by atoms with Crippen LogP contribution in [0.4, 0.5) is 5.82 Å². The van der Waals surface area contributed by atoms with Crippen molar-refractivity contribution in [2.75, 3.05) is 11.5 Å². The number of aromatic nitrogens is 1. The summed E-state index contributed by atoms with van der Waals surface area (Å²) >= 11 is 7.10. The van der Waals surface area contributed by atoms with E-state index in [0.29, 0.717) is 10.0 Å². The predicted octanol–water partition coefficient (Wildman–Crippen LogP) is 2.45. The summed E-state index contributed by atoms with van der Waals surface area (Å²) in [4.78, 5) is 14.9. The summed E-state index contributed by atoms with van der Waals surface area (Å²) in [6.45, 7) is 1.86. The topological polar surface area (TPSA) is 117 Å². The highest BCUT2D eigenvalue weighted by molar-refractivity contribution is 7.99. The lowest BCUT2D eigenvalue weighted by atomic mass is 10.1. The van der Waals surface area contributed by atoms with Crippen LogP contribution in [-0.4, -0.2) is 11.7 Å². The fourth-order valence-electron chi connectivity index (χ4n) is 2.11. The van der Waals surface area contributed by atoms with Crippen LogP contribution in [0.15, 0.2) is 35.4 Å². The Morgan fingerprint density at radius 2 is 2.08 bits per heavy atom. The summed E-state index contributed by atoms with van der Waals surface area (Å²) in [6, 6.07) is 12.4. The fraction of sp³-hybridized carbons (Fsp3) is 0.176. The van der Waals surface area contributed by atoms with Crippen molar-refractivity contribution in [1.82, 2.24) is 5.32 Å². The van der Waals surface area contributed by atoms with Crippen LogP contribution in [-0.2, 0) is 4.79 Å². The lowest BCUT2D eigenvalue weighted by Gasteiger charge is -2.14. The molecule has 6 nitrogen and oxygen atoms in total. The number of nitrogens with zero attached hydrogens (tertiary/aromatic N) is 2. The van der Waals surface area contributed by atoms with E-state index in [4.69, 9.17) is 27.9 Å².